The first-order valence-corrected chi connectivity index (χ1v) is 8.46. The molecule has 2 aromatic rings. The van der Waals surface area contributed by atoms with E-state index in [4.69, 9.17) is 21.1 Å². The SMILES string of the molecule is CCCCNCc1cc(OC)c(OCc2ccccc2F)cc1Cl. The summed E-state index contributed by atoms with van der Waals surface area (Å²) in [7, 11) is 1.58. The molecule has 0 heterocycles. The molecular formula is C19H23ClFNO2. The van der Waals surface area contributed by atoms with Crippen molar-refractivity contribution >= 4 is 11.6 Å². The molecule has 1 N–H and O–H groups in total. The van der Waals surface area contributed by atoms with Gasteiger partial charge in [-0.2, -0.15) is 0 Å². The van der Waals surface area contributed by atoms with Crippen LogP contribution in [0.3, 0.4) is 0 Å². The molecule has 0 amide bonds. The monoisotopic (exact) mass is 351 g/mol. The third-order valence-electron chi connectivity index (χ3n) is 3.70. The van der Waals surface area contributed by atoms with E-state index in [9.17, 15) is 4.39 Å². The summed E-state index contributed by atoms with van der Waals surface area (Å²) in [5, 5.41) is 3.95. The van der Waals surface area contributed by atoms with E-state index in [1.165, 1.54) is 6.07 Å². The molecule has 0 saturated heterocycles. The predicted octanol–water partition coefficient (Wildman–Crippen LogP) is 4.96. The van der Waals surface area contributed by atoms with Crippen molar-refractivity contribution in [2.45, 2.75) is 32.9 Å². The quantitative estimate of drug-likeness (QED) is 0.648. The lowest BCUT2D eigenvalue weighted by Crippen LogP contribution is -2.14. The molecule has 0 aliphatic rings. The number of halogens is 2. The van der Waals surface area contributed by atoms with Gasteiger partial charge in [-0.3, -0.25) is 0 Å². The molecule has 2 rings (SSSR count). The summed E-state index contributed by atoms with van der Waals surface area (Å²) in [6.07, 6.45) is 2.27. The van der Waals surface area contributed by atoms with Crippen LogP contribution in [0.5, 0.6) is 11.5 Å². The number of benzene rings is 2. The molecule has 0 bridgehead atoms. The standard InChI is InChI=1S/C19H23ClFNO2/c1-3-4-9-22-12-15-10-18(23-2)19(11-16(15)20)24-13-14-7-5-6-8-17(14)21/h5-8,10-11,22H,3-4,9,12-13H2,1-2H3. The summed E-state index contributed by atoms with van der Waals surface area (Å²) in [5.41, 5.74) is 1.43. The van der Waals surface area contributed by atoms with E-state index in [0.29, 0.717) is 28.6 Å². The molecule has 0 unspecified atom stereocenters. The number of nitrogens with one attached hydrogen (secondary N) is 1. The van der Waals surface area contributed by atoms with Gasteiger partial charge in [0.1, 0.15) is 12.4 Å². The maximum atomic E-state index is 13.7. The molecule has 5 heteroatoms. The van der Waals surface area contributed by atoms with Crippen LogP contribution >= 0.6 is 11.6 Å². The van der Waals surface area contributed by atoms with E-state index in [-0.39, 0.29) is 12.4 Å². The highest BCUT2D eigenvalue weighted by atomic mass is 35.5. The molecular weight excluding hydrogens is 329 g/mol. The van der Waals surface area contributed by atoms with Crippen molar-refractivity contribution in [3.05, 3.63) is 58.4 Å². The molecule has 0 aromatic heterocycles. The van der Waals surface area contributed by atoms with E-state index < -0.39 is 0 Å². The van der Waals surface area contributed by atoms with Crippen molar-refractivity contribution < 1.29 is 13.9 Å². The third-order valence-corrected chi connectivity index (χ3v) is 4.05. The normalized spacial score (nSPS) is 10.7. The average Bonchev–Trinajstić information content (AvgIpc) is 2.59. The molecule has 0 saturated carbocycles. The summed E-state index contributed by atoms with van der Waals surface area (Å²) in [6.45, 7) is 3.89. The van der Waals surface area contributed by atoms with Crippen LogP contribution in [0.15, 0.2) is 36.4 Å². The first-order chi connectivity index (χ1) is 11.7. The lowest BCUT2D eigenvalue weighted by molar-refractivity contribution is 0.279. The van der Waals surface area contributed by atoms with Crippen LogP contribution in [0.25, 0.3) is 0 Å². The van der Waals surface area contributed by atoms with Crippen LogP contribution < -0.4 is 14.8 Å². The fraction of sp³-hybridized carbons (Fsp3) is 0.368. The Balaban J connectivity index is 2.07. The second-order valence-corrected chi connectivity index (χ2v) is 5.91. The first kappa shape index (κ1) is 18.6. The minimum atomic E-state index is -0.292. The Morgan fingerprint density at radius 3 is 2.62 bits per heavy atom. The highest BCUT2D eigenvalue weighted by Crippen LogP contribution is 2.34. The second kappa shape index (κ2) is 9.50. The van der Waals surface area contributed by atoms with Crippen LogP contribution in [-0.2, 0) is 13.2 Å². The topological polar surface area (TPSA) is 30.5 Å². The van der Waals surface area contributed by atoms with Crippen LogP contribution in [0.1, 0.15) is 30.9 Å². The Labute approximate surface area is 147 Å². The van der Waals surface area contributed by atoms with E-state index in [1.807, 2.05) is 6.07 Å². The van der Waals surface area contributed by atoms with E-state index in [1.54, 1.807) is 31.4 Å². The van der Waals surface area contributed by atoms with Crippen LogP contribution in [0, 0.1) is 5.82 Å². The number of hydrogen-bond acceptors (Lipinski definition) is 3. The van der Waals surface area contributed by atoms with Gasteiger partial charge in [0, 0.05) is 23.2 Å². The van der Waals surface area contributed by atoms with Gasteiger partial charge in [-0.25, -0.2) is 4.39 Å². The summed E-state index contributed by atoms with van der Waals surface area (Å²) >= 11 is 6.33. The van der Waals surface area contributed by atoms with Crippen LogP contribution in [-0.4, -0.2) is 13.7 Å². The van der Waals surface area contributed by atoms with Gasteiger partial charge in [-0.1, -0.05) is 43.1 Å². The molecule has 0 spiro atoms. The minimum Gasteiger partial charge on any atom is -0.493 e. The van der Waals surface area contributed by atoms with Crippen LogP contribution in [0.4, 0.5) is 4.39 Å². The van der Waals surface area contributed by atoms with E-state index in [0.717, 1.165) is 24.9 Å². The lowest BCUT2D eigenvalue weighted by Gasteiger charge is -2.14. The molecule has 0 radical (unpaired) electrons. The van der Waals surface area contributed by atoms with Crippen molar-refractivity contribution in [1.82, 2.24) is 5.32 Å². The van der Waals surface area contributed by atoms with Gasteiger partial charge in [0.2, 0.25) is 0 Å². The first-order valence-electron chi connectivity index (χ1n) is 8.09. The zero-order chi connectivity index (χ0) is 17.4. The smallest absolute Gasteiger partial charge is 0.163 e. The highest BCUT2D eigenvalue weighted by molar-refractivity contribution is 6.31. The number of rotatable bonds is 9. The van der Waals surface area contributed by atoms with Gasteiger partial charge in [-0.15, -0.1) is 0 Å². The minimum absolute atomic E-state index is 0.119. The molecule has 130 valence electrons. The fourth-order valence-corrected chi connectivity index (χ4v) is 2.50. The molecule has 3 nitrogen and oxygen atoms in total. The lowest BCUT2D eigenvalue weighted by atomic mass is 10.2. The summed E-state index contributed by atoms with van der Waals surface area (Å²) in [4.78, 5) is 0. The maximum Gasteiger partial charge on any atom is 0.163 e. The molecule has 0 aliphatic heterocycles. The average molecular weight is 352 g/mol. The van der Waals surface area contributed by atoms with Crippen molar-refractivity contribution in [3.8, 4) is 11.5 Å². The summed E-state index contributed by atoms with van der Waals surface area (Å²) < 4.78 is 24.8. The molecule has 2 aromatic carbocycles. The Hall–Kier alpha value is -1.78. The van der Waals surface area contributed by atoms with Gasteiger partial charge in [0.05, 0.1) is 7.11 Å². The number of unbranched alkanes of at least 4 members (excludes halogenated alkanes) is 1. The highest BCUT2D eigenvalue weighted by Gasteiger charge is 2.11. The largest absolute Gasteiger partial charge is 0.493 e. The van der Waals surface area contributed by atoms with Crippen LogP contribution in [0.2, 0.25) is 5.02 Å². The Morgan fingerprint density at radius 1 is 1.12 bits per heavy atom. The number of ether oxygens (including phenoxy) is 2. The van der Waals surface area contributed by atoms with Crippen molar-refractivity contribution in [2.75, 3.05) is 13.7 Å². The van der Waals surface area contributed by atoms with Crippen molar-refractivity contribution in [3.63, 3.8) is 0 Å². The molecule has 24 heavy (non-hydrogen) atoms. The third kappa shape index (κ3) is 5.11. The van der Waals surface area contributed by atoms with Crippen molar-refractivity contribution in [2.24, 2.45) is 0 Å². The summed E-state index contributed by atoms with van der Waals surface area (Å²) in [5.74, 6) is 0.797. The zero-order valence-corrected chi connectivity index (χ0v) is 14.8. The Bertz CT molecular complexity index is 664. The van der Waals surface area contributed by atoms with Gasteiger partial charge in [-0.05, 0) is 30.7 Å². The van der Waals surface area contributed by atoms with Gasteiger partial charge < -0.3 is 14.8 Å². The maximum absolute atomic E-state index is 13.7. The number of hydrogen-bond donors (Lipinski definition) is 1. The Kier molecular flexibility index (Phi) is 7.35. The van der Waals surface area contributed by atoms with Gasteiger partial charge >= 0.3 is 0 Å². The van der Waals surface area contributed by atoms with Gasteiger partial charge in [0.25, 0.3) is 0 Å². The van der Waals surface area contributed by atoms with Gasteiger partial charge in [0.15, 0.2) is 11.5 Å². The zero-order valence-electron chi connectivity index (χ0n) is 14.1. The molecule has 0 aliphatic carbocycles. The fourth-order valence-electron chi connectivity index (χ4n) is 2.28. The summed E-state index contributed by atoms with van der Waals surface area (Å²) in [6, 6.07) is 10.1. The Morgan fingerprint density at radius 2 is 1.92 bits per heavy atom. The molecule has 0 fully saturated rings. The van der Waals surface area contributed by atoms with Crippen molar-refractivity contribution in [1.29, 1.82) is 0 Å². The number of methoxy groups -OCH3 is 1. The second-order valence-electron chi connectivity index (χ2n) is 5.50. The van der Waals surface area contributed by atoms with E-state index in [2.05, 4.69) is 12.2 Å². The van der Waals surface area contributed by atoms with E-state index >= 15 is 0 Å². The predicted molar refractivity (Wildman–Crippen MR) is 95.4 cm³/mol. The molecule has 0 atom stereocenters.